The molecule has 2 heterocycles. The van der Waals surface area contributed by atoms with Crippen molar-refractivity contribution in [2.75, 3.05) is 24.4 Å². The van der Waals surface area contributed by atoms with Crippen molar-refractivity contribution in [3.63, 3.8) is 0 Å². The number of benzene rings is 2. The van der Waals surface area contributed by atoms with E-state index >= 15 is 0 Å². The Bertz CT molecular complexity index is 1030. The third kappa shape index (κ3) is 4.23. The van der Waals surface area contributed by atoms with E-state index in [4.69, 9.17) is 9.47 Å². The van der Waals surface area contributed by atoms with Crippen molar-refractivity contribution < 1.29 is 22.7 Å². The number of fused-ring (bicyclic) bond motifs is 1. The molecule has 2 aliphatic rings. The average Bonchev–Trinajstić information content (AvgIpc) is 2.78. The van der Waals surface area contributed by atoms with E-state index in [2.05, 4.69) is 4.72 Å². The second-order valence-electron chi connectivity index (χ2n) is 7.53. The average molecular weight is 431 g/mol. The van der Waals surface area contributed by atoms with Gasteiger partial charge < -0.3 is 14.4 Å². The Morgan fingerprint density at radius 1 is 1.10 bits per heavy atom. The molecule has 2 aliphatic heterocycles. The molecule has 0 aliphatic carbocycles. The molecule has 1 atom stereocenters. The number of anilines is 1. The first-order valence-electron chi connectivity index (χ1n) is 10.3. The molecule has 1 N–H and O–H groups in total. The number of rotatable bonds is 5. The standard InChI is InChI=1S/C22H26N2O5S/c1-2-16-8-4-5-9-18(16)23-30(26,27)17-10-11-19-20(14-17)28-15-21(29-19)22(25)24-12-6-3-7-13-24/h4-5,8-11,14,21,23H,2-3,6-7,12-13,15H2,1H3. The van der Waals surface area contributed by atoms with E-state index in [-0.39, 0.29) is 17.4 Å². The van der Waals surface area contributed by atoms with E-state index in [0.717, 1.165) is 37.9 Å². The first-order chi connectivity index (χ1) is 14.5. The van der Waals surface area contributed by atoms with Gasteiger partial charge in [0.05, 0.1) is 10.6 Å². The van der Waals surface area contributed by atoms with Gasteiger partial charge in [-0.15, -0.1) is 0 Å². The van der Waals surface area contributed by atoms with Crippen LogP contribution in [0, 0.1) is 0 Å². The highest BCUT2D eigenvalue weighted by Gasteiger charge is 2.32. The molecule has 8 heteroatoms. The van der Waals surface area contributed by atoms with Crippen molar-refractivity contribution in [3.8, 4) is 11.5 Å². The molecule has 0 aromatic heterocycles. The van der Waals surface area contributed by atoms with Crippen LogP contribution in [0.25, 0.3) is 0 Å². The molecule has 30 heavy (non-hydrogen) atoms. The second-order valence-corrected chi connectivity index (χ2v) is 9.21. The highest BCUT2D eigenvalue weighted by atomic mass is 32.2. The molecule has 7 nitrogen and oxygen atoms in total. The minimum Gasteiger partial charge on any atom is -0.485 e. The fourth-order valence-corrected chi connectivity index (χ4v) is 4.91. The lowest BCUT2D eigenvalue weighted by atomic mass is 10.1. The molecule has 1 unspecified atom stereocenters. The molecular formula is C22H26N2O5S. The van der Waals surface area contributed by atoms with Crippen molar-refractivity contribution >= 4 is 21.6 Å². The van der Waals surface area contributed by atoms with Gasteiger partial charge in [-0.2, -0.15) is 0 Å². The fraction of sp³-hybridized carbons (Fsp3) is 0.409. The third-order valence-electron chi connectivity index (χ3n) is 5.47. The zero-order valence-corrected chi connectivity index (χ0v) is 17.8. The number of nitrogens with zero attached hydrogens (tertiary/aromatic N) is 1. The number of likely N-dealkylation sites (tertiary alicyclic amines) is 1. The number of aryl methyl sites for hydroxylation is 1. The predicted molar refractivity (Wildman–Crippen MR) is 113 cm³/mol. The molecule has 160 valence electrons. The number of hydrogen-bond acceptors (Lipinski definition) is 5. The number of sulfonamides is 1. The maximum Gasteiger partial charge on any atom is 0.267 e. The van der Waals surface area contributed by atoms with Gasteiger partial charge >= 0.3 is 0 Å². The van der Waals surface area contributed by atoms with Gasteiger partial charge in [0.1, 0.15) is 6.61 Å². The predicted octanol–water partition coefficient (Wildman–Crippen LogP) is 3.20. The minimum atomic E-state index is -3.79. The van der Waals surface area contributed by atoms with Gasteiger partial charge in [-0.25, -0.2) is 8.42 Å². The van der Waals surface area contributed by atoms with E-state index in [9.17, 15) is 13.2 Å². The van der Waals surface area contributed by atoms with E-state index in [1.807, 2.05) is 24.0 Å². The Morgan fingerprint density at radius 3 is 2.63 bits per heavy atom. The fourth-order valence-electron chi connectivity index (χ4n) is 3.79. The highest BCUT2D eigenvalue weighted by molar-refractivity contribution is 7.92. The zero-order chi connectivity index (χ0) is 21.1. The van der Waals surface area contributed by atoms with E-state index in [1.165, 1.54) is 12.1 Å². The van der Waals surface area contributed by atoms with Crippen molar-refractivity contribution in [1.82, 2.24) is 4.90 Å². The molecule has 1 amide bonds. The first kappa shape index (κ1) is 20.5. The van der Waals surface area contributed by atoms with Crippen LogP contribution >= 0.6 is 0 Å². The monoisotopic (exact) mass is 430 g/mol. The van der Waals surface area contributed by atoms with E-state index < -0.39 is 16.1 Å². The number of amides is 1. The minimum absolute atomic E-state index is 0.0674. The smallest absolute Gasteiger partial charge is 0.267 e. The van der Waals surface area contributed by atoms with Crippen molar-refractivity contribution in [2.45, 2.75) is 43.6 Å². The van der Waals surface area contributed by atoms with Gasteiger partial charge in [-0.3, -0.25) is 9.52 Å². The molecule has 4 rings (SSSR count). The summed E-state index contributed by atoms with van der Waals surface area (Å²) in [4.78, 5) is 14.6. The molecule has 1 saturated heterocycles. The SMILES string of the molecule is CCc1ccccc1NS(=O)(=O)c1ccc2c(c1)OCC(C(=O)N1CCCCC1)O2. The molecule has 2 aromatic carbocycles. The number of para-hydroxylation sites is 1. The van der Waals surface area contributed by atoms with Gasteiger partial charge in [-0.1, -0.05) is 25.1 Å². The Hall–Kier alpha value is -2.74. The van der Waals surface area contributed by atoms with Crippen molar-refractivity contribution in [1.29, 1.82) is 0 Å². The Morgan fingerprint density at radius 2 is 1.87 bits per heavy atom. The number of nitrogens with one attached hydrogen (secondary N) is 1. The highest BCUT2D eigenvalue weighted by Crippen LogP contribution is 2.35. The van der Waals surface area contributed by atoms with Crippen LogP contribution < -0.4 is 14.2 Å². The van der Waals surface area contributed by atoms with Crippen LogP contribution in [0.5, 0.6) is 11.5 Å². The largest absolute Gasteiger partial charge is 0.485 e. The maximum absolute atomic E-state index is 12.9. The second kappa shape index (κ2) is 8.55. The summed E-state index contributed by atoms with van der Waals surface area (Å²) in [5.74, 6) is 0.628. The molecule has 2 aromatic rings. The number of ether oxygens (including phenoxy) is 2. The Labute approximate surface area is 177 Å². The summed E-state index contributed by atoms with van der Waals surface area (Å²) in [6.45, 7) is 3.53. The summed E-state index contributed by atoms with van der Waals surface area (Å²) in [5.41, 5.74) is 1.47. The number of carbonyl (C=O) groups is 1. The molecule has 0 spiro atoms. The summed E-state index contributed by atoms with van der Waals surface area (Å²) in [6.07, 6.45) is 3.17. The van der Waals surface area contributed by atoms with Gasteiger partial charge in [0.15, 0.2) is 11.5 Å². The third-order valence-corrected chi connectivity index (χ3v) is 6.83. The zero-order valence-electron chi connectivity index (χ0n) is 17.0. The number of carbonyl (C=O) groups excluding carboxylic acids is 1. The van der Waals surface area contributed by atoms with Crippen LogP contribution in [0.15, 0.2) is 47.4 Å². The first-order valence-corrected chi connectivity index (χ1v) is 11.8. The van der Waals surface area contributed by atoms with Gasteiger partial charge in [0.25, 0.3) is 15.9 Å². The Balaban J connectivity index is 1.50. The van der Waals surface area contributed by atoms with Gasteiger partial charge in [-0.05, 0) is 49.4 Å². The normalized spacial score (nSPS) is 18.7. The van der Waals surface area contributed by atoms with Crippen LogP contribution in [-0.2, 0) is 21.2 Å². The molecule has 1 fully saturated rings. The number of hydrogen-bond donors (Lipinski definition) is 1. The summed E-state index contributed by atoms with van der Waals surface area (Å²) in [6, 6.07) is 11.8. The van der Waals surface area contributed by atoms with Crippen molar-refractivity contribution in [3.05, 3.63) is 48.0 Å². The van der Waals surface area contributed by atoms with Gasteiger partial charge in [0.2, 0.25) is 6.10 Å². The molecule has 0 bridgehead atoms. The van der Waals surface area contributed by atoms with Gasteiger partial charge in [0, 0.05) is 19.2 Å². The summed E-state index contributed by atoms with van der Waals surface area (Å²) in [5, 5.41) is 0. The quantitative estimate of drug-likeness (QED) is 0.787. The van der Waals surface area contributed by atoms with Crippen molar-refractivity contribution in [2.24, 2.45) is 0 Å². The summed E-state index contributed by atoms with van der Waals surface area (Å²) >= 11 is 0. The van der Waals surface area contributed by atoms with Crippen LogP contribution in [0.3, 0.4) is 0 Å². The van der Waals surface area contributed by atoms with Crippen LogP contribution in [0.2, 0.25) is 0 Å². The lowest BCUT2D eigenvalue weighted by Gasteiger charge is -2.32. The number of piperidine rings is 1. The van der Waals surface area contributed by atoms with Crippen LogP contribution in [0.4, 0.5) is 5.69 Å². The lowest BCUT2D eigenvalue weighted by Crippen LogP contribution is -2.48. The molecule has 0 saturated carbocycles. The lowest BCUT2D eigenvalue weighted by molar-refractivity contribution is -0.142. The summed E-state index contributed by atoms with van der Waals surface area (Å²) < 4.78 is 39.9. The Kier molecular flexibility index (Phi) is 5.85. The van der Waals surface area contributed by atoms with E-state index in [0.29, 0.717) is 23.6 Å². The summed E-state index contributed by atoms with van der Waals surface area (Å²) in [7, 11) is -3.79. The van der Waals surface area contributed by atoms with E-state index in [1.54, 1.807) is 18.2 Å². The topological polar surface area (TPSA) is 84.9 Å². The van der Waals surface area contributed by atoms with Crippen LogP contribution in [-0.4, -0.2) is 45.0 Å². The molecule has 0 radical (unpaired) electrons. The van der Waals surface area contributed by atoms with Crippen LogP contribution in [0.1, 0.15) is 31.7 Å². The molecular weight excluding hydrogens is 404 g/mol. The maximum atomic E-state index is 12.9.